The van der Waals surface area contributed by atoms with E-state index in [1.165, 1.54) is 0 Å². The van der Waals surface area contributed by atoms with Gasteiger partial charge in [-0.15, -0.1) is 0 Å². The molecule has 1 aliphatic heterocycles. The molecule has 2 N–H and O–H groups in total. The molecular weight excluding hydrogens is 331 g/mol. The number of hydrogen-bond donors (Lipinski definition) is 2. The van der Waals surface area contributed by atoms with E-state index < -0.39 is 60.2 Å². The second-order valence-electron chi connectivity index (χ2n) is 5.04. The number of hydrogen-bond acceptors (Lipinski definition) is 8. The molecule has 1 aromatic rings. The van der Waals surface area contributed by atoms with E-state index in [0.717, 1.165) is 13.8 Å². The Balaban J connectivity index is 2.48. The Labute approximate surface area is 133 Å². The van der Waals surface area contributed by atoms with Crippen molar-refractivity contribution in [2.75, 3.05) is 6.61 Å². The maximum atomic E-state index is 13.5. The molecule has 4 atom stereocenters. The van der Waals surface area contributed by atoms with Crippen LogP contribution in [0.1, 0.15) is 20.1 Å². The van der Waals surface area contributed by atoms with Crippen LogP contribution in [0.3, 0.4) is 0 Å². The molecule has 0 aliphatic carbocycles. The molecule has 11 heteroatoms. The maximum absolute atomic E-state index is 13.5. The van der Waals surface area contributed by atoms with Crippen molar-refractivity contribution in [2.45, 2.75) is 38.4 Å². The zero-order chi connectivity index (χ0) is 18.0. The van der Waals surface area contributed by atoms with Gasteiger partial charge in [0, 0.05) is 13.8 Å². The van der Waals surface area contributed by atoms with Gasteiger partial charge in [0.15, 0.2) is 18.4 Å². The van der Waals surface area contributed by atoms with Gasteiger partial charge in [0.1, 0.15) is 6.10 Å². The van der Waals surface area contributed by atoms with Crippen molar-refractivity contribution >= 4 is 11.9 Å². The molecule has 10 nitrogen and oxygen atoms in total. The number of carbonyl (C=O) groups excluding carboxylic acids is 2. The number of esters is 2. The summed E-state index contributed by atoms with van der Waals surface area (Å²) in [6.45, 7) is 1.55. The van der Waals surface area contributed by atoms with Crippen molar-refractivity contribution in [1.82, 2.24) is 9.55 Å². The van der Waals surface area contributed by atoms with E-state index >= 15 is 0 Å². The van der Waals surface area contributed by atoms with Crippen LogP contribution in [0.2, 0.25) is 0 Å². The topological polar surface area (TPSA) is 137 Å². The highest BCUT2D eigenvalue weighted by Crippen LogP contribution is 2.33. The fraction of sp³-hybridized carbons (Fsp3) is 0.538. The van der Waals surface area contributed by atoms with E-state index in [4.69, 9.17) is 14.2 Å². The number of aromatic amines is 1. The van der Waals surface area contributed by atoms with Crippen LogP contribution in [0, 0.1) is 5.82 Å². The Morgan fingerprint density at radius 2 is 1.88 bits per heavy atom. The van der Waals surface area contributed by atoms with Gasteiger partial charge in [-0.05, 0) is 0 Å². The Kier molecular flexibility index (Phi) is 5.14. The molecular formula is C13H15FN2O8. The number of carbonyl (C=O) groups is 2. The predicted octanol–water partition coefficient (Wildman–Crippen LogP) is -1.57. The highest BCUT2D eigenvalue weighted by atomic mass is 19.1. The summed E-state index contributed by atoms with van der Waals surface area (Å²) in [5.74, 6) is -2.78. The Hall–Kier alpha value is -2.53. The average molecular weight is 346 g/mol. The van der Waals surface area contributed by atoms with Gasteiger partial charge in [0.05, 0.1) is 12.8 Å². The summed E-state index contributed by atoms with van der Waals surface area (Å²) >= 11 is 0. The summed E-state index contributed by atoms with van der Waals surface area (Å²) < 4.78 is 29.5. The fourth-order valence-electron chi connectivity index (χ4n) is 2.38. The predicted molar refractivity (Wildman–Crippen MR) is 73.4 cm³/mol. The average Bonchev–Trinajstić information content (AvgIpc) is 2.79. The van der Waals surface area contributed by atoms with Gasteiger partial charge in [0.25, 0.3) is 5.56 Å². The molecule has 1 aromatic heterocycles. The molecule has 0 saturated carbocycles. The summed E-state index contributed by atoms with van der Waals surface area (Å²) in [6.07, 6.45) is -4.50. The van der Waals surface area contributed by atoms with Crippen molar-refractivity contribution in [3.63, 3.8) is 0 Å². The number of aromatic nitrogens is 2. The molecule has 132 valence electrons. The summed E-state index contributed by atoms with van der Waals surface area (Å²) in [4.78, 5) is 47.3. The van der Waals surface area contributed by atoms with Gasteiger partial charge < -0.3 is 19.3 Å². The van der Waals surface area contributed by atoms with Crippen LogP contribution in [0.5, 0.6) is 0 Å². The molecule has 2 rings (SSSR count). The van der Waals surface area contributed by atoms with E-state index in [2.05, 4.69) is 0 Å². The highest BCUT2D eigenvalue weighted by molar-refractivity contribution is 5.67. The first-order valence-corrected chi connectivity index (χ1v) is 6.86. The largest absolute Gasteiger partial charge is 0.456 e. The van der Waals surface area contributed by atoms with Gasteiger partial charge in [0.2, 0.25) is 5.82 Å². The van der Waals surface area contributed by atoms with Gasteiger partial charge in [-0.25, -0.2) is 4.79 Å². The molecule has 2 heterocycles. The molecule has 0 radical (unpaired) electrons. The number of nitrogens with one attached hydrogen (secondary N) is 1. The van der Waals surface area contributed by atoms with E-state index in [9.17, 15) is 28.7 Å². The number of aliphatic hydroxyl groups excluding tert-OH is 1. The van der Waals surface area contributed by atoms with E-state index in [1.807, 2.05) is 0 Å². The van der Waals surface area contributed by atoms with Crippen LogP contribution in [0.4, 0.5) is 4.39 Å². The molecule has 24 heavy (non-hydrogen) atoms. The molecule has 0 amide bonds. The van der Waals surface area contributed by atoms with Crippen molar-refractivity contribution in [2.24, 2.45) is 0 Å². The maximum Gasteiger partial charge on any atom is 0.330 e. The van der Waals surface area contributed by atoms with Crippen LogP contribution in [0.15, 0.2) is 15.8 Å². The van der Waals surface area contributed by atoms with Gasteiger partial charge in [-0.1, -0.05) is 0 Å². The van der Waals surface area contributed by atoms with Crippen molar-refractivity contribution in [3.8, 4) is 0 Å². The highest BCUT2D eigenvalue weighted by Gasteiger charge is 2.50. The first-order chi connectivity index (χ1) is 11.2. The smallest absolute Gasteiger partial charge is 0.330 e. The lowest BCUT2D eigenvalue weighted by molar-refractivity contribution is -0.165. The van der Waals surface area contributed by atoms with Crippen molar-refractivity contribution in [1.29, 1.82) is 0 Å². The zero-order valence-electron chi connectivity index (χ0n) is 12.7. The SMILES string of the molecule is CC(=O)O[C@@H]1[C@H](OC(C)=O)[C@@H](CO)O[C@H]1n1cc(F)c(=O)[nH]c1=O. The summed E-state index contributed by atoms with van der Waals surface area (Å²) in [7, 11) is 0. The first kappa shape index (κ1) is 17.8. The van der Waals surface area contributed by atoms with Gasteiger partial charge in [-0.2, -0.15) is 4.39 Å². The van der Waals surface area contributed by atoms with Gasteiger partial charge in [-0.3, -0.25) is 23.9 Å². The Morgan fingerprint density at radius 3 is 2.42 bits per heavy atom. The molecule has 0 unspecified atom stereocenters. The minimum atomic E-state index is -1.41. The number of rotatable bonds is 4. The van der Waals surface area contributed by atoms with Crippen LogP contribution in [-0.2, 0) is 23.8 Å². The normalized spacial score (nSPS) is 26.2. The van der Waals surface area contributed by atoms with E-state index in [1.54, 1.807) is 4.98 Å². The second-order valence-corrected chi connectivity index (χ2v) is 5.04. The number of H-pyrrole nitrogens is 1. The summed E-state index contributed by atoms with van der Waals surface area (Å²) in [6, 6.07) is 0. The lowest BCUT2D eigenvalue weighted by atomic mass is 10.1. The van der Waals surface area contributed by atoms with Crippen LogP contribution in [0.25, 0.3) is 0 Å². The molecule has 1 fully saturated rings. The van der Waals surface area contributed by atoms with E-state index in [0.29, 0.717) is 10.8 Å². The quantitative estimate of drug-likeness (QED) is 0.624. The molecule has 0 bridgehead atoms. The monoisotopic (exact) mass is 346 g/mol. The zero-order valence-corrected chi connectivity index (χ0v) is 12.7. The number of nitrogens with zero attached hydrogens (tertiary/aromatic N) is 1. The third kappa shape index (κ3) is 3.51. The van der Waals surface area contributed by atoms with Gasteiger partial charge >= 0.3 is 17.6 Å². The van der Waals surface area contributed by atoms with Crippen LogP contribution in [-0.4, -0.2) is 51.5 Å². The van der Waals surface area contributed by atoms with E-state index in [-0.39, 0.29) is 0 Å². The fourth-order valence-corrected chi connectivity index (χ4v) is 2.38. The standard InChI is InChI=1S/C13H15FN2O8/c1-5(18)22-9-8(4-17)24-12(10(9)23-6(2)19)16-3-7(14)11(20)15-13(16)21/h3,8-10,12,17H,4H2,1-2H3,(H,15,20,21)/t8-,9-,10-,12-/m1/s1. The number of ether oxygens (including phenoxy) is 3. The minimum Gasteiger partial charge on any atom is -0.456 e. The second kappa shape index (κ2) is 6.93. The number of halogens is 1. The lowest BCUT2D eigenvalue weighted by Crippen LogP contribution is -2.42. The molecule has 1 saturated heterocycles. The Bertz CT molecular complexity index is 757. The first-order valence-electron chi connectivity index (χ1n) is 6.86. The minimum absolute atomic E-state index is 0.576. The Morgan fingerprint density at radius 1 is 1.29 bits per heavy atom. The number of aliphatic hydroxyl groups is 1. The summed E-state index contributed by atoms with van der Waals surface area (Å²) in [5.41, 5.74) is -2.25. The lowest BCUT2D eigenvalue weighted by Gasteiger charge is -2.23. The van der Waals surface area contributed by atoms with Crippen LogP contribution >= 0.6 is 0 Å². The third-order valence-electron chi connectivity index (χ3n) is 3.27. The molecule has 1 aliphatic rings. The van der Waals surface area contributed by atoms with Crippen molar-refractivity contribution in [3.05, 3.63) is 32.9 Å². The third-order valence-corrected chi connectivity index (χ3v) is 3.27. The summed E-state index contributed by atoms with van der Waals surface area (Å²) in [5, 5.41) is 9.36. The molecule has 0 spiro atoms. The van der Waals surface area contributed by atoms with Crippen LogP contribution < -0.4 is 11.2 Å². The molecule has 0 aromatic carbocycles. The van der Waals surface area contributed by atoms with Crippen molar-refractivity contribution < 1.29 is 33.3 Å².